The number of hydrogen-bond donors (Lipinski definition) is 2. The fourth-order valence-corrected chi connectivity index (χ4v) is 0.830. The average Bonchev–Trinajstić information content (AvgIpc) is 2.35. The first-order valence-corrected chi connectivity index (χ1v) is 3.70. The van der Waals surface area contributed by atoms with Crippen molar-refractivity contribution in [3.63, 3.8) is 0 Å². The molecule has 0 atom stereocenters. The summed E-state index contributed by atoms with van der Waals surface area (Å²) in [5, 5.41) is 17.5. The van der Waals surface area contributed by atoms with E-state index in [2.05, 4.69) is 0 Å². The highest BCUT2D eigenvalue weighted by Crippen LogP contribution is 2.11. The molecule has 0 unspecified atom stereocenters. The van der Waals surface area contributed by atoms with Crippen molar-refractivity contribution in [3.05, 3.63) is 29.2 Å². The molecule has 0 aliphatic rings. The molecule has 3 nitrogen and oxygen atoms in total. The lowest BCUT2D eigenvalue weighted by atomic mass is 10.2. The second kappa shape index (κ2) is 3.56. The third-order valence-corrected chi connectivity index (χ3v) is 1.54. The third-order valence-electron chi connectivity index (χ3n) is 1.54. The molecule has 1 heterocycles. The van der Waals surface area contributed by atoms with E-state index in [1.807, 2.05) is 13.0 Å². The summed E-state index contributed by atoms with van der Waals surface area (Å²) in [4.78, 5) is 0. The van der Waals surface area contributed by atoms with E-state index in [0.29, 0.717) is 11.3 Å². The van der Waals surface area contributed by atoms with Gasteiger partial charge < -0.3 is 14.6 Å². The van der Waals surface area contributed by atoms with Crippen LogP contribution in [0.25, 0.3) is 6.08 Å². The largest absolute Gasteiger partial charge is 0.462 e. The number of furan rings is 1. The van der Waals surface area contributed by atoms with Crippen molar-refractivity contribution >= 4 is 6.08 Å². The Morgan fingerprint density at radius 2 is 2.17 bits per heavy atom. The summed E-state index contributed by atoms with van der Waals surface area (Å²) in [6.07, 6.45) is 0.188. The average molecular weight is 168 g/mol. The van der Waals surface area contributed by atoms with Crippen LogP contribution in [0, 0.1) is 6.92 Å². The van der Waals surface area contributed by atoms with Gasteiger partial charge in [0, 0.05) is 0 Å². The van der Waals surface area contributed by atoms with Crippen molar-refractivity contribution < 1.29 is 14.6 Å². The lowest BCUT2D eigenvalue weighted by molar-refractivity contribution is -0.00684. The van der Waals surface area contributed by atoms with E-state index in [0.717, 1.165) is 5.76 Å². The second-order valence-corrected chi connectivity index (χ2v) is 2.71. The molecule has 1 aromatic rings. The molecule has 0 spiro atoms. The van der Waals surface area contributed by atoms with Gasteiger partial charge in [-0.1, -0.05) is 0 Å². The van der Waals surface area contributed by atoms with Gasteiger partial charge in [0.25, 0.3) is 0 Å². The van der Waals surface area contributed by atoms with Gasteiger partial charge in [-0.15, -0.1) is 0 Å². The Bertz CT molecular complexity index is 284. The van der Waals surface area contributed by atoms with Crippen LogP contribution < -0.4 is 0 Å². The highest BCUT2D eigenvalue weighted by atomic mass is 16.5. The van der Waals surface area contributed by atoms with Crippen LogP contribution in [-0.4, -0.2) is 16.5 Å². The van der Waals surface area contributed by atoms with Crippen molar-refractivity contribution in [2.75, 3.05) is 0 Å². The van der Waals surface area contributed by atoms with Crippen LogP contribution in [0.4, 0.5) is 0 Å². The van der Waals surface area contributed by atoms with Gasteiger partial charge >= 0.3 is 0 Å². The van der Waals surface area contributed by atoms with Crippen LogP contribution in [-0.2, 0) is 0 Å². The maximum absolute atomic E-state index is 8.73. The van der Waals surface area contributed by atoms with E-state index in [9.17, 15) is 0 Å². The van der Waals surface area contributed by atoms with Crippen molar-refractivity contribution in [1.82, 2.24) is 0 Å². The molecule has 0 amide bonds. The third kappa shape index (κ3) is 2.22. The van der Waals surface area contributed by atoms with Gasteiger partial charge in [-0.05, 0) is 37.6 Å². The topological polar surface area (TPSA) is 53.6 Å². The van der Waals surface area contributed by atoms with Gasteiger partial charge in [0.15, 0.2) is 6.29 Å². The number of aryl methyl sites for hydroxylation is 1. The Balaban J connectivity index is 2.80. The number of hydrogen-bond acceptors (Lipinski definition) is 3. The Morgan fingerprint density at radius 1 is 1.50 bits per heavy atom. The predicted molar refractivity (Wildman–Crippen MR) is 45.3 cm³/mol. The first-order valence-electron chi connectivity index (χ1n) is 3.70. The smallest absolute Gasteiger partial charge is 0.174 e. The van der Waals surface area contributed by atoms with E-state index in [1.54, 1.807) is 19.1 Å². The highest BCUT2D eigenvalue weighted by Gasteiger charge is 2.01. The van der Waals surface area contributed by atoms with E-state index in [4.69, 9.17) is 14.6 Å². The van der Waals surface area contributed by atoms with E-state index in [-0.39, 0.29) is 0 Å². The quantitative estimate of drug-likeness (QED) is 0.654. The van der Waals surface area contributed by atoms with Crippen molar-refractivity contribution in [1.29, 1.82) is 0 Å². The number of rotatable bonds is 2. The first-order chi connectivity index (χ1) is 5.59. The predicted octanol–water partition coefficient (Wildman–Crippen LogP) is 1.30. The summed E-state index contributed by atoms with van der Waals surface area (Å²) >= 11 is 0. The molecule has 2 N–H and O–H groups in total. The fourth-order valence-electron chi connectivity index (χ4n) is 0.830. The Kier molecular flexibility index (Phi) is 2.68. The molecular formula is C9H12O3. The summed E-state index contributed by atoms with van der Waals surface area (Å²) < 4.78 is 5.21. The van der Waals surface area contributed by atoms with E-state index >= 15 is 0 Å². The minimum absolute atomic E-state index is 0.462. The molecule has 0 aliphatic carbocycles. The summed E-state index contributed by atoms with van der Waals surface area (Å²) in [6.45, 7) is 3.46. The molecule has 66 valence electrons. The zero-order valence-corrected chi connectivity index (χ0v) is 7.11. The van der Waals surface area contributed by atoms with E-state index in [1.165, 1.54) is 0 Å². The molecule has 0 aliphatic heterocycles. The lowest BCUT2D eigenvalue weighted by Gasteiger charge is -2.00. The Morgan fingerprint density at radius 3 is 2.58 bits per heavy atom. The maximum atomic E-state index is 8.73. The molecule has 0 saturated carbocycles. The van der Waals surface area contributed by atoms with Crippen LogP contribution in [0.15, 0.2) is 22.1 Å². The van der Waals surface area contributed by atoms with Crippen LogP contribution in [0.3, 0.4) is 0 Å². The van der Waals surface area contributed by atoms with Crippen LogP contribution >= 0.6 is 0 Å². The molecule has 0 radical (unpaired) electrons. The zero-order chi connectivity index (χ0) is 9.14. The normalized spacial score (nSPS) is 12.6. The maximum Gasteiger partial charge on any atom is 0.174 e. The van der Waals surface area contributed by atoms with Crippen LogP contribution in [0.2, 0.25) is 0 Å². The SMILES string of the molecule is CC(=Cc1ccc(C)o1)C(O)O. The second-order valence-electron chi connectivity index (χ2n) is 2.71. The van der Waals surface area contributed by atoms with Gasteiger partial charge in [0.2, 0.25) is 0 Å². The van der Waals surface area contributed by atoms with Gasteiger partial charge in [-0.25, -0.2) is 0 Å². The van der Waals surface area contributed by atoms with Gasteiger partial charge in [-0.3, -0.25) is 0 Å². The molecule has 12 heavy (non-hydrogen) atoms. The number of aliphatic hydroxyl groups is 2. The lowest BCUT2D eigenvalue weighted by Crippen LogP contribution is -2.04. The molecule has 1 aromatic heterocycles. The zero-order valence-electron chi connectivity index (χ0n) is 7.11. The molecule has 0 saturated heterocycles. The fraction of sp³-hybridized carbons (Fsp3) is 0.333. The molecule has 0 bridgehead atoms. The standard InChI is InChI=1S/C9H12O3/c1-6(9(10)11)5-8-4-3-7(2)12-8/h3-5,9-11H,1-2H3. The van der Waals surface area contributed by atoms with Crippen molar-refractivity contribution in [2.45, 2.75) is 20.1 Å². The minimum atomic E-state index is -1.41. The van der Waals surface area contributed by atoms with Crippen molar-refractivity contribution in [2.24, 2.45) is 0 Å². The van der Waals surface area contributed by atoms with Gasteiger partial charge in [-0.2, -0.15) is 0 Å². The Hall–Kier alpha value is -1.06. The van der Waals surface area contributed by atoms with Crippen LogP contribution in [0.1, 0.15) is 18.4 Å². The molecule has 1 rings (SSSR count). The first kappa shape index (κ1) is 9.03. The van der Waals surface area contributed by atoms with E-state index < -0.39 is 6.29 Å². The molecule has 0 fully saturated rings. The summed E-state index contributed by atoms with van der Waals surface area (Å²) in [5.41, 5.74) is 0.462. The monoisotopic (exact) mass is 168 g/mol. The molecular weight excluding hydrogens is 156 g/mol. The van der Waals surface area contributed by atoms with Gasteiger partial charge in [0.1, 0.15) is 11.5 Å². The summed E-state index contributed by atoms with van der Waals surface area (Å²) in [7, 11) is 0. The summed E-state index contributed by atoms with van der Waals surface area (Å²) in [5.74, 6) is 1.44. The molecule has 0 aromatic carbocycles. The highest BCUT2D eigenvalue weighted by molar-refractivity contribution is 5.47. The summed E-state index contributed by atoms with van der Waals surface area (Å²) in [6, 6.07) is 3.60. The van der Waals surface area contributed by atoms with Gasteiger partial charge in [0.05, 0.1) is 0 Å². The Labute approximate surface area is 70.9 Å². The number of aliphatic hydroxyl groups excluding tert-OH is 1. The minimum Gasteiger partial charge on any atom is -0.462 e. The van der Waals surface area contributed by atoms with Crippen molar-refractivity contribution in [3.8, 4) is 0 Å². The molecule has 3 heteroatoms. The van der Waals surface area contributed by atoms with Crippen LogP contribution in [0.5, 0.6) is 0 Å².